The number of amides is 1. The van der Waals surface area contributed by atoms with Crippen LogP contribution in [0.5, 0.6) is 0 Å². The molecule has 158 valence electrons. The molecule has 3 heterocycles. The number of hydrogen-bond acceptors (Lipinski definition) is 4. The van der Waals surface area contributed by atoms with Gasteiger partial charge in [-0.3, -0.25) is 14.7 Å². The highest BCUT2D eigenvalue weighted by Gasteiger charge is 2.49. The zero-order valence-electron chi connectivity index (χ0n) is 17.7. The zero-order valence-corrected chi connectivity index (χ0v) is 17.7. The lowest BCUT2D eigenvalue weighted by molar-refractivity contribution is -0.135. The van der Waals surface area contributed by atoms with E-state index in [1.165, 1.54) is 11.1 Å². The number of benzene rings is 1. The Balaban J connectivity index is 1.52. The number of hydrogen-bond donors (Lipinski definition) is 1. The quantitative estimate of drug-likeness (QED) is 0.831. The third-order valence-electron chi connectivity index (χ3n) is 6.48. The number of carbonyl (C=O) groups is 1. The third-order valence-corrected chi connectivity index (χ3v) is 6.48. The summed E-state index contributed by atoms with van der Waals surface area (Å²) < 4.78 is 0. The second kappa shape index (κ2) is 9.54. The number of aliphatic hydroxyl groups is 1. The first-order valence-electron chi connectivity index (χ1n) is 11.0. The molecule has 2 saturated heterocycles. The molecule has 5 heteroatoms. The summed E-state index contributed by atoms with van der Waals surface area (Å²) in [6.45, 7) is 4.69. The fourth-order valence-electron chi connectivity index (χ4n) is 4.98. The Morgan fingerprint density at radius 2 is 2.00 bits per heavy atom. The molecule has 0 bridgehead atoms. The number of rotatable bonds is 5. The maximum Gasteiger partial charge on any atom is 0.227 e. The predicted octanol–water partition coefficient (Wildman–Crippen LogP) is 3.11. The summed E-state index contributed by atoms with van der Waals surface area (Å²) in [7, 11) is 0. The molecule has 0 unspecified atom stereocenters. The zero-order chi connectivity index (χ0) is 20.9. The SMILES string of the molecule is C/C=C/c1ccc([C@@H]2[C@@H](CO)N3CCCCN(C(=O)Cc4cccnc4)C[C@@H]23)cc1. The predicted molar refractivity (Wildman–Crippen MR) is 119 cm³/mol. The number of aliphatic hydroxyl groups excluding tert-OH is 1. The fourth-order valence-corrected chi connectivity index (χ4v) is 4.98. The molecule has 30 heavy (non-hydrogen) atoms. The second-order valence-corrected chi connectivity index (χ2v) is 8.33. The first kappa shape index (κ1) is 20.8. The smallest absolute Gasteiger partial charge is 0.227 e. The van der Waals surface area contributed by atoms with Crippen LogP contribution in [0.1, 0.15) is 42.4 Å². The largest absolute Gasteiger partial charge is 0.395 e. The maximum absolute atomic E-state index is 13.0. The lowest BCUT2D eigenvalue weighted by atomic mass is 9.74. The van der Waals surface area contributed by atoms with Crippen LogP contribution in [0.4, 0.5) is 0 Å². The maximum atomic E-state index is 13.0. The van der Waals surface area contributed by atoms with Crippen LogP contribution in [0, 0.1) is 0 Å². The van der Waals surface area contributed by atoms with Crippen molar-refractivity contribution >= 4 is 12.0 Å². The molecule has 0 radical (unpaired) electrons. The topological polar surface area (TPSA) is 56.7 Å². The van der Waals surface area contributed by atoms with Crippen molar-refractivity contribution in [3.63, 3.8) is 0 Å². The molecule has 2 fully saturated rings. The van der Waals surface area contributed by atoms with Crippen molar-refractivity contribution in [3.8, 4) is 0 Å². The molecule has 5 nitrogen and oxygen atoms in total. The van der Waals surface area contributed by atoms with Crippen molar-refractivity contribution in [3.05, 3.63) is 71.6 Å². The van der Waals surface area contributed by atoms with E-state index in [1.807, 2.05) is 30.0 Å². The average molecular weight is 406 g/mol. The molecule has 0 spiro atoms. The van der Waals surface area contributed by atoms with E-state index in [0.717, 1.165) is 38.0 Å². The van der Waals surface area contributed by atoms with Gasteiger partial charge < -0.3 is 10.0 Å². The van der Waals surface area contributed by atoms with Crippen molar-refractivity contribution in [2.75, 3.05) is 26.2 Å². The molecule has 1 aromatic heterocycles. The molecular weight excluding hydrogens is 374 g/mol. The number of fused-ring (bicyclic) bond motifs is 1. The minimum absolute atomic E-state index is 0.135. The molecule has 2 aliphatic rings. The van der Waals surface area contributed by atoms with Crippen molar-refractivity contribution in [1.82, 2.24) is 14.8 Å². The van der Waals surface area contributed by atoms with Crippen LogP contribution in [0.15, 0.2) is 54.9 Å². The Kier molecular flexibility index (Phi) is 6.60. The van der Waals surface area contributed by atoms with Crippen molar-refractivity contribution < 1.29 is 9.90 Å². The van der Waals surface area contributed by atoms with Crippen LogP contribution in [0.2, 0.25) is 0 Å². The molecular formula is C25H31N3O2. The molecule has 0 saturated carbocycles. The van der Waals surface area contributed by atoms with Gasteiger partial charge in [-0.25, -0.2) is 0 Å². The fraction of sp³-hybridized carbons (Fsp3) is 0.440. The van der Waals surface area contributed by atoms with E-state index in [0.29, 0.717) is 6.42 Å². The van der Waals surface area contributed by atoms with Gasteiger partial charge in [-0.2, -0.15) is 0 Å². The Labute approximate surface area is 179 Å². The summed E-state index contributed by atoms with van der Waals surface area (Å²) in [6.07, 6.45) is 10.1. The van der Waals surface area contributed by atoms with Gasteiger partial charge in [0.05, 0.1) is 13.0 Å². The summed E-state index contributed by atoms with van der Waals surface area (Å²) in [5.74, 6) is 0.418. The van der Waals surface area contributed by atoms with Gasteiger partial charge in [0.1, 0.15) is 0 Å². The minimum Gasteiger partial charge on any atom is -0.395 e. The number of aromatic nitrogens is 1. The van der Waals surface area contributed by atoms with Crippen LogP contribution in [0.25, 0.3) is 6.08 Å². The van der Waals surface area contributed by atoms with Gasteiger partial charge in [0.2, 0.25) is 5.91 Å². The normalized spacial score (nSPS) is 24.7. The van der Waals surface area contributed by atoms with E-state index in [2.05, 4.69) is 40.2 Å². The van der Waals surface area contributed by atoms with Gasteiger partial charge >= 0.3 is 0 Å². The second-order valence-electron chi connectivity index (χ2n) is 8.33. The van der Waals surface area contributed by atoms with Crippen LogP contribution in [-0.4, -0.2) is 64.1 Å². The van der Waals surface area contributed by atoms with E-state index in [9.17, 15) is 9.90 Å². The van der Waals surface area contributed by atoms with Gasteiger partial charge in [0.15, 0.2) is 0 Å². The van der Waals surface area contributed by atoms with E-state index in [1.54, 1.807) is 12.4 Å². The molecule has 3 atom stereocenters. The monoisotopic (exact) mass is 405 g/mol. The molecule has 2 aromatic rings. The van der Waals surface area contributed by atoms with Gasteiger partial charge in [0, 0.05) is 43.5 Å². The van der Waals surface area contributed by atoms with E-state index < -0.39 is 0 Å². The van der Waals surface area contributed by atoms with Crippen molar-refractivity contribution in [2.45, 2.75) is 44.2 Å². The molecule has 0 aliphatic carbocycles. The minimum atomic E-state index is 0.135. The summed E-state index contributed by atoms with van der Waals surface area (Å²) >= 11 is 0. The summed E-state index contributed by atoms with van der Waals surface area (Å²) in [5.41, 5.74) is 3.40. The van der Waals surface area contributed by atoms with Gasteiger partial charge in [-0.1, -0.05) is 42.5 Å². The lowest BCUT2D eigenvalue weighted by Crippen LogP contribution is -2.68. The van der Waals surface area contributed by atoms with Gasteiger partial charge in [0.25, 0.3) is 0 Å². The Morgan fingerprint density at radius 3 is 2.70 bits per heavy atom. The molecule has 2 aliphatic heterocycles. The number of carbonyl (C=O) groups excluding carboxylic acids is 1. The van der Waals surface area contributed by atoms with Gasteiger partial charge in [-0.15, -0.1) is 0 Å². The first-order valence-corrected chi connectivity index (χ1v) is 11.0. The highest BCUT2D eigenvalue weighted by Crippen LogP contribution is 2.42. The Morgan fingerprint density at radius 1 is 1.20 bits per heavy atom. The van der Waals surface area contributed by atoms with E-state index >= 15 is 0 Å². The van der Waals surface area contributed by atoms with Crippen molar-refractivity contribution in [1.29, 1.82) is 0 Å². The summed E-state index contributed by atoms with van der Waals surface area (Å²) in [5, 5.41) is 10.1. The summed E-state index contributed by atoms with van der Waals surface area (Å²) in [4.78, 5) is 21.6. The lowest BCUT2D eigenvalue weighted by Gasteiger charge is -2.57. The Bertz CT molecular complexity index is 866. The van der Waals surface area contributed by atoms with Gasteiger partial charge in [-0.05, 0) is 49.1 Å². The van der Waals surface area contributed by atoms with E-state index in [-0.39, 0.29) is 30.5 Å². The molecule has 1 aromatic carbocycles. The highest BCUT2D eigenvalue weighted by molar-refractivity contribution is 5.78. The number of pyridine rings is 1. The Hall–Kier alpha value is -2.50. The van der Waals surface area contributed by atoms with Crippen LogP contribution >= 0.6 is 0 Å². The third kappa shape index (κ3) is 4.32. The number of nitrogens with zero attached hydrogens (tertiary/aromatic N) is 3. The highest BCUT2D eigenvalue weighted by atomic mass is 16.3. The summed E-state index contributed by atoms with van der Waals surface area (Å²) in [6, 6.07) is 12.9. The molecule has 1 amide bonds. The first-order chi connectivity index (χ1) is 14.7. The number of allylic oxidation sites excluding steroid dienone is 1. The van der Waals surface area contributed by atoms with Crippen LogP contribution in [-0.2, 0) is 11.2 Å². The molecule has 4 rings (SSSR count). The van der Waals surface area contributed by atoms with E-state index in [4.69, 9.17) is 0 Å². The molecule has 1 N–H and O–H groups in total. The van der Waals surface area contributed by atoms with Crippen LogP contribution < -0.4 is 0 Å². The van der Waals surface area contributed by atoms with Crippen LogP contribution in [0.3, 0.4) is 0 Å². The average Bonchev–Trinajstić information content (AvgIpc) is 2.74. The standard InChI is InChI=1S/C25H31N3O2/c1-2-6-19-8-10-21(11-9-19)25-22-17-27(13-3-4-14-28(22)23(25)18-29)24(30)15-20-7-5-12-26-16-20/h2,5-12,16,22-23,25,29H,3-4,13-15,17-18H2,1H3/b6-2+/t22-,23+,25-/m0/s1. The van der Waals surface area contributed by atoms with Crippen molar-refractivity contribution in [2.24, 2.45) is 0 Å².